The van der Waals surface area contributed by atoms with Gasteiger partial charge in [0.2, 0.25) is 5.91 Å². The Bertz CT molecular complexity index is 970. The van der Waals surface area contributed by atoms with Crippen molar-refractivity contribution in [1.29, 1.82) is 0 Å². The van der Waals surface area contributed by atoms with E-state index in [0.717, 1.165) is 16.3 Å². The molecule has 0 radical (unpaired) electrons. The van der Waals surface area contributed by atoms with Crippen molar-refractivity contribution in [2.75, 3.05) is 5.32 Å². The molecule has 29 heavy (non-hydrogen) atoms. The monoisotopic (exact) mass is 416 g/mol. The molecule has 5 nitrogen and oxygen atoms in total. The molecular formula is C21H18F2N2O3S. The number of carbonyl (C=O) groups excluding carboxylic acids is 1. The van der Waals surface area contributed by atoms with Crippen molar-refractivity contribution in [3.63, 3.8) is 0 Å². The predicted molar refractivity (Wildman–Crippen MR) is 108 cm³/mol. The highest BCUT2D eigenvalue weighted by Crippen LogP contribution is 2.18. The van der Waals surface area contributed by atoms with Crippen molar-refractivity contribution in [3.8, 4) is 11.5 Å². The third-order valence-corrected chi connectivity index (χ3v) is 4.53. The molecule has 8 heteroatoms. The summed E-state index contributed by atoms with van der Waals surface area (Å²) in [6.07, 6.45) is 3.05. The second-order valence-corrected chi connectivity index (χ2v) is 7.00. The lowest BCUT2D eigenvalue weighted by molar-refractivity contribution is -0.111. The van der Waals surface area contributed by atoms with Crippen LogP contribution >= 0.6 is 11.3 Å². The minimum absolute atomic E-state index is 0.0285. The summed E-state index contributed by atoms with van der Waals surface area (Å²) in [5.74, 6) is 0.399. The maximum absolute atomic E-state index is 12.1. The summed E-state index contributed by atoms with van der Waals surface area (Å²) >= 11 is 1.58. The quantitative estimate of drug-likeness (QED) is 0.507. The second kappa shape index (κ2) is 9.79. The molecule has 0 aliphatic carbocycles. The Morgan fingerprint density at radius 1 is 1.14 bits per heavy atom. The number of anilines is 1. The summed E-state index contributed by atoms with van der Waals surface area (Å²) in [5, 5.41) is 5.61. The number of ether oxygens (including phenoxy) is 2. The Balaban J connectivity index is 1.49. The zero-order chi connectivity index (χ0) is 20.6. The normalized spacial score (nSPS) is 11.0. The van der Waals surface area contributed by atoms with Crippen LogP contribution in [0.5, 0.6) is 11.5 Å². The van der Waals surface area contributed by atoms with Crippen LogP contribution < -0.4 is 14.8 Å². The van der Waals surface area contributed by atoms with Gasteiger partial charge in [0.25, 0.3) is 0 Å². The number of nitrogens with one attached hydrogen (secondary N) is 1. The van der Waals surface area contributed by atoms with Crippen LogP contribution in [0.1, 0.15) is 16.3 Å². The first-order chi connectivity index (χ1) is 14.0. The number of benzene rings is 2. The van der Waals surface area contributed by atoms with Gasteiger partial charge in [-0.1, -0.05) is 12.1 Å². The summed E-state index contributed by atoms with van der Waals surface area (Å²) in [5.41, 5.74) is 2.20. The van der Waals surface area contributed by atoms with E-state index >= 15 is 0 Å². The van der Waals surface area contributed by atoms with Crippen molar-refractivity contribution < 1.29 is 23.0 Å². The van der Waals surface area contributed by atoms with Gasteiger partial charge in [-0.15, -0.1) is 11.3 Å². The fourth-order valence-electron chi connectivity index (χ4n) is 2.38. The number of carbonyl (C=O) groups is 1. The number of halogens is 2. The van der Waals surface area contributed by atoms with E-state index in [4.69, 9.17) is 4.74 Å². The molecule has 0 aliphatic heterocycles. The molecule has 0 atom stereocenters. The number of aromatic nitrogens is 1. The van der Waals surface area contributed by atoms with Gasteiger partial charge in [-0.05, 0) is 55.0 Å². The van der Waals surface area contributed by atoms with Gasteiger partial charge < -0.3 is 14.8 Å². The number of aryl methyl sites for hydroxylation is 1. The van der Waals surface area contributed by atoms with Crippen molar-refractivity contribution in [3.05, 3.63) is 76.3 Å². The van der Waals surface area contributed by atoms with E-state index in [1.807, 2.05) is 36.6 Å². The average Bonchev–Trinajstić information content (AvgIpc) is 3.12. The van der Waals surface area contributed by atoms with E-state index in [2.05, 4.69) is 15.0 Å². The highest BCUT2D eigenvalue weighted by Gasteiger charge is 2.04. The SMILES string of the molecule is Cc1nc(COc2ccc(/C=C/C(=O)Nc3ccc(OC(F)F)cc3)cc2)cs1. The van der Waals surface area contributed by atoms with Gasteiger partial charge in [-0.2, -0.15) is 8.78 Å². The van der Waals surface area contributed by atoms with Crippen LogP contribution in [0.25, 0.3) is 6.08 Å². The first kappa shape index (κ1) is 20.5. The average molecular weight is 416 g/mol. The van der Waals surface area contributed by atoms with Crippen molar-refractivity contribution in [1.82, 2.24) is 4.98 Å². The molecule has 1 heterocycles. The Labute approximate surface area is 170 Å². The van der Waals surface area contributed by atoms with E-state index in [9.17, 15) is 13.6 Å². The zero-order valence-electron chi connectivity index (χ0n) is 15.5. The van der Waals surface area contributed by atoms with Crippen LogP contribution in [0.4, 0.5) is 14.5 Å². The second-order valence-electron chi connectivity index (χ2n) is 5.94. The maximum atomic E-state index is 12.1. The van der Waals surface area contributed by atoms with Gasteiger partial charge in [0.15, 0.2) is 0 Å². The van der Waals surface area contributed by atoms with Crippen molar-refractivity contribution in [2.24, 2.45) is 0 Å². The Kier molecular flexibility index (Phi) is 6.91. The molecule has 3 aromatic rings. The van der Waals surface area contributed by atoms with Gasteiger partial charge in [0.1, 0.15) is 18.1 Å². The molecule has 0 saturated carbocycles. The third-order valence-electron chi connectivity index (χ3n) is 3.71. The zero-order valence-corrected chi connectivity index (χ0v) is 16.3. The number of hydrogen-bond acceptors (Lipinski definition) is 5. The number of nitrogens with zero attached hydrogens (tertiary/aromatic N) is 1. The number of hydrogen-bond donors (Lipinski definition) is 1. The predicted octanol–water partition coefficient (Wildman–Crippen LogP) is 5.28. The number of rotatable bonds is 8. The van der Waals surface area contributed by atoms with Gasteiger partial charge in [-0.25, -0.2) is 4.98 Å². The van der Waals surface area contributed by atoms with E-state index in [1.165, 1.54) is 30.3 Å². The first-order valence-corrected chi connectivity index (χ1v) is 9.54. The molecule has 0 saturated heterocycles. The Morgan fingerprint density at radius 2 is 1.83 bits per heavy atom. The molecule has 1 aromatic heterocycles. The molecular weight excluding hydrogens is 398 g/mol. The Morgan fingerprint density at radius 3 is 2.45 bits per heavy atom. The topological polar surface area (TPSA) is 60.5 Å². The fourth-order valence-corrected chi connectivity index (χ4v) is 2.98. The standard InChI is InChI=1S/C21H18F2N2O3S/c1-14-24-17(13-29-14)12-27-18-7-2-15(3-8-18)4-11-20(26)25-16-5-9-19(10-6-16)28-21(22)23/h2-11,13,21H,12H2,1H3,(H,25,26)/b11-4+. The number of alkyl halides is 2. The third kappa shape index (κ3) is 6.69. The van der Waals surface area contributed by atoms with Crippen LogP contribution in [0, 0.1) is 6.92 Å². The molecule has 0 bridgehead atoms. The maximum Gasteiger partial charge on any atom is 0.387 e. The minimum Gasteiger partial charge on any atom is -0.487 e. The van der Waals surface area contributed by atoms with E-state index in [-0.39, 0.29) is 11.7 Å². The molecule has 1 N–H and O–H groups in total. The summed E-state index contributed by atoms with van der Waals surface area (Å²) in [6.45, 7) is -0.530. The largest absolute Gasteiger partial charge is 0.487 e. The molecule has 0 fully saturated rings. The van der Waals surface area contributed by atoms with E-state index in [0.29, 0.717) is 18.0 Å². The fraction of sp³-hybridized carbons (Fsp3) is 0.143. The van der Waals surface area contributed by atoms with E-state index in [1.54, 1.807) is 17.4 Å². The smallest absolute Gasteiger partial charge is 0.387 e. The molecule has 2 aromatic carbocycles. The van der Waals surface area contributed by atoms with Gasteiger partial charge in [0.05, 0.1) is 10.7 Å². The molecule has 0 spiro atoms. The van der Waals surface area contributed by atoms with Crippen molar-refractivity contribution in [2.45, 2.75) is 20.1 Å². The lowest BCUT2D eigenvalue weighted by Gasteiger charge is -2.06. The van der Waals surface area contributed by atoms with Gasteiger partial charge in [0, 0.05) is 17.1 Å². The van der Waals surface area contributed by atoms with Crippen LogP contribution in [0.15, 0.2) is 60.0 Å². The van der Waals surface area contributed by atoms with E-state index < -0.39 is 6.61 Å². The Hall–Kier alpha value is -3.26. The molecule has 3 rings (SSSR count). The summed E-state index contributed by atoms with van der Waals surface area (Å²) in [6, 6.07) is 13.0. The molecule has 0 aliphatic rings. The molecule has 150 valence electrons. The number of amides is 1. The van der Waals surface area contributed by atoms with Crippen LogP contribution in [0.2, 0.25) is 0 Å². The lowest BCUT2D eigenvalue weighted by Crippen LogP contribution is -2.08. The van der Waals surface area contributed by atoms with Crippen LogP contribution in [0.3, 0.4) is 0 Å². The van der Waals surface area contributed by atoms with Gasteiger partial charge in [-0.3, -0.25) is 4.79 Å². The lowest BCUT2D eigenvalue weighted by atomic mass is 10.2. The van der Waals surface area contributed by atoms with Crippen molar-refractivity contribution >= 4 is 29.0 Å². The highest BCUT2D eigenvalue weighted by atomic mass is 32.1. The molecule has 0 unspecified atom stereocenters. The highest BCUT2D eigenvalue weighted by molar-refractivity contribution is 7.09. The number of thiazole rings is 1. The van der Waals surface area contributed by atoms with Crippen LogP contribution in [-0.4, -0.2) is 17.5 Å². The van der Waals surface area contributed by atoms with Gasteiger partial charge >= 0.3 is 6.61 Å². The summed E-state index contributed by atoms with van der Waals surface area (Å²) in [4.78, 5) is 16.3. The summed E-state index contributed by atoms with van der Waals surface area (Å²) < 4.78 is 34.2. The summed E-state index contributed by atoms with van der Waals surface area (Å²) in [7, 11) is 0. The molecule has 1 amide bonds. The minimum atomic E-state index is -2.88. The first-order valence-electron chi connectivity index (χ1n) is 8.66. The van der Waals surface area contributed by atoms with Crippen LogP contribution in [-0.2, 0) is 11.4 Å².